The Hall–Kier alpha value is -1.86. The van der Waals surface area contributed by atoms with Gasteiger partial charge in [-0.25, -0.2) is 0 Å². The summed E-state index contributed by atoms with van der Waals surface area (Å²) in [6.45, 7) is 3.77. The van der Waals surface area contributed by atoms with Crippen molar-refractivity contribution < 1.29 is 23.5 Å². The van der Waals surface area contributed by atoms with E-state index in [1.807, 2.05) is 4.90 Å². The molecule has 1 aromatic heterocycles. The van der Waals surface area contributed by atoms with Crippen LogP contribution in [-0.2, 0) is 14.3 Å². The Bertz CT molecular complexity index is 613. The molecule has 0 radical (unpaired) electrons. The molecule has 136 valence electrons. The normalized spacial score (nSPS) is 26.2. The van der Waals surface area contributed by atoms with Gasteiger partial charge >= 0.3 is 0 Å². The molecule has 3 aliphatic heterocycles. The van der Waals surface area contributed by atoms with Crippen LogP contribution in [0.2, 0.25) is 0 Å². The van der Waals surface area contributed by atoms with Crippen molar-refractivity contribution >= 4 is 11.8 Å². The van der Waals surface area contributed by atoms with Crippen molar-refractivity contribution in [3.8, 4) is 0 Å². The Labute approximate surface area is 146 Å². The van der Waals surface area contributed by atoms with Gasteiger partial charge in [0.25, 0.3) is 5.91 Å². The van der Waals surface area contributed by atoms with Gasteiger partial charge in [0.05, 0.1) is 31.0 Å². The van der Waals surface area contributed by atoms with Crippen molar-refractivity contribution in [2.75, 3.05) is 39.4 Å². The van der Waals surface area contributed by atoms with Gasteiger partial charge < -0.3 is 23.7 Å². The molecule has 0 N–H and O–H groups in total. The molecule has 1 spiro atoms. The van der Waals surface area contributed by atoms with E-state index in [1.54, 1.807) is 11.0 Å². The first-order valence-corrected chi connectivity index (χ1v) is 9.05. The van der Waals surface area contributed by atoms with Gasteiger partial charge in [-0.05, 0) is 18.9 Å². The molecule has 0 saturated carbocycles. The fourth-order valence-corrected chi connectivity index (χ4v) is 4.04. The topological polar surface area (TPSA) is 72.2 Å². The number of carbonyl (C=O) groups is 2. The quantitative estimate of drug-likeness (QED) is 0.810. The summed E-state index contributed by atoms with van der Waals surface area (Å²) in [5.74, 6) is -0.495. The van der Waals surface area contributed by atoms with Crippen LogP contribution >= 0.6 is 0 Å². The molecule has 7 heteroatoms. The van der Waals surface area contributed by atoms with Crippen molar-refractivity contribution in [2.45, 2.75) is 31.5 Å². The number of ether oxygens (including phenoxy) is 2. The molecule has 0 bridgehead atoms. The molecule has 1 atom stereocenters. The minimum absolute atomic E-state index is 0.0587. The second-order valence-corrected chi connectivity index (χ2v) is 7.04. The zero-order valence-electron chi connectivity index (χ0n) is 14.3. The molecule has 1 unspecified atom stereocenters. The molecule has 0 aliphatic carbocycles. The summed E-state index contributed by atoms with van der Waals surface area (Å²) >= 11 is 0. The van der Waals surface area contributed by atoms with Gasteiger partial charge in [-0.1, -0.05) is 0 Å². The fourth-order valence-electron chi connectivity index (χ4n) is 4.04. The van der Waals surface area contributed by atoms with E-state index in [1.165, 1.54) is 12.5 Å². The number of hydrogen-bond acceptors (Lipinski definition) is 5. The highest BCUT2D eigenvalue weighted by molar-refractivity contribution is 5.94. The summed E-state index contributed by atoms with van der Waals surface area (Å²) in [6.07, 6.45) is 6.09. The number of likely N-dealkylation sites (tertiary alicyclic amines) is 2. The number of rotatable bonds is 2. The van der Waals surface area contributed by atoms with Crippen LogP contribution in [0.15, 0.2) is 23.0 Å². The smallest absolute Gasteiger partial charge is 0.257 e. The average Bonchev–Trinajstić information content (AvgIpc) is 3.34. The molecular formula is C18H24N2O5. The van der Waals surface area contributed by atoms with E-state index in [2.05, 4.69) is 0 Å². The molecule has 3 saturated heterocycles. The van der Waals surface area contributed by atoms with E-state index < -0.39 is 5.79 Å². The van der Waals surface area contributed by atoms with Crippen LogP contribution in [0.4, 0.5) is 0 Å². The van der Waals surface area contributed by atoms with Gasteiger partial charge in [0.15, 0.2) is 5.79 Å². The number of furan rings is 1. The van der Waals surface area contributed by atoms with Gasteiger partial charge in [0.1, 0.15) is 6.26 Å². The second-order valence-electron chi connectivity index (χ2n) is 7.04. The van der Waals surface area contributed by atoms with Crippen molar-refractivity contribution in [1.82, 2.24) is 9.80 Å². The van der Waals surface area contributed by atoms with Crippen LogP contribution in [0.25, 0.3) is 0 Å². The van der Waals surface area contributed by atoms with Crippen LogP contribution in [0.3, 0.4) is 0 Å². The van der Waals surface area contributed by atoms with Crippen molar-refractivity contribution in [1.29, 1.82) is 0 Å². The number of piperidine rings is 2. The van der Waals surface area contributed by atoms with Crippen LogP contribution in [0, 0.1) is 5.92 Å². The SMILES string of the molecule is O=C(c1ccoc1)N1CCCC(C(=O)N2CCC3(CC2)OCCO3)C1. The summed E-state index contributed by atoms with van der Waals surface area (Å²) in [7, 11) is 0. The van der Waals surface area contributed by atoms with E-state index in [-0.39, 0.29) is 17.7 Å². The zero-order chi connectivity index (χ0) is 17.3. The monoisotopic (exact) mass is 348 g/mol. The summed E-state index contributed by atoms with van der Waals surface area (Å²) < 4.78 is 16.4. The van der Waals surface area contributed by atoms with Crippen LogP contribution in [0.1, 0.15) is 36.0 Å². The Morgan fingerprint density at radius 2 is 1.84 bits per heavy atom. The van der Waals surface area contributed by atoms with E-state index in [4.69, 9.17) is 13.9 Å². The predicted octanol–water partition coefficient (Wildman–Crippen LogP) is 1.50. The highest BCUT2D eigenvalue weighted by Gasteiger charge is 2.42. The molecule has 4 heterocycles. The van der Waals surface area contributed by atoms with Gasteiger partial charge in [0, 0.05) is 39.0 Å². The second kappa shape index (κ2) is 6.80. The Kier molecular flexibility index (Phi) is 4.52. The molecule has 2 amide bonds. The molecule has 1 aromatic rings. The third kappa shape index (κ3) is 3.30. The molecular weight excluding hydrogens is 324 g/mol. The van der Waals surface area contributed by atoms with Crippen LogP contribution in [0.5, 0.6) is 0 Å². The lowest BCUT2D eigenvalue weighted by atomic mass is 9.94. The number of hydrogen-bond donors (Lipinski definition) is 0. The Morgan fingerprint density at radius 1 is 1.08 bits per heavy atom. The Morgan fingerprint density at radius 3 is 2.52 bits per heavy atom. The first-order chi connectivity index (χ1) is 12.2. The minimum atomic E-state index is -0.466. The number of nitrogens with zero attached hydrogens (tertiary/aromatic N) is 2. The maximum Gasteiger partial charge on any atom is 0.257 e. The molecule has 7 nitrogen and oxygen atoms in total. The highest BCUT2D eigenvalue weighted by atomic mass is 16.7. The first kappa shape index (κ1) is 16.6. The van der Waals surface area contributed by atoms with Gasteiger partial charge in [0.2, 0.25) is 5.91 Å². The summed E-state index contributed by atoms with van der Waals surface area (Å²) in [6, 6.07) is 1.67. The van der Waals surface area contributed by atoms with E-state index in [0.29, 0.717) is 45.0 Å². The fraction of sp³-hybridized carbons (Fsp3) is 0.667. The maximum atomic E-state index is 12.9. The van der Waals surface area contributed by atoms with Crippen LogP contribution in [-0.4, -0.2) is 66.8 Å². The number of amides is 2. The van der Waals surface area contributed by atoms with Crippen molar-refractivity contribution in [3.63, 3.8) is 0 Å². The predicted molar refractivity (Wildman–Crippen MR) is 87.8 cm³/mol. The van der Waals surface area contributed by atoms with E-state index >= 15 is 0 Å². The Balaban J connectivity index is 1.35. The largest absolute Gasteiger partial charge is 0.472 e. The summed E-state index contributed by atoms with van der Waals surface area (Å²) in [5.41, 5.74) is 0.545. The third-order valence-electron chi connectivity index (χ3n) is 5.48. The zero-order valence-corrected chi connectivity index (χ0v) is 14.3. The highest BCUT2D eigenvalue weighted by Crippen LogP contribution is 2.32. The molecule has 25 heavy (non-hydrogen) atoms. The molecule has 0 aromatic carbocycles. The molecule has 3 fully saturated rings. The molecule has 3 aliphatic rings. The lowest BCUT2D eigenvalue weighted by Gasteiger charge is -2.40. The minimum Gasteiger partial charge on any atom is -0.472 e. The standard InChI is InChI=1S/C18H24N2O5/c21-16(19-7-4-18(5-8-19)24-10-11-25-18)14-2-1-6-20(12-14)17(22)15-3-9-23-13-15/h3,9,13-14H,1-2,4-8,10-12H2. The van der Waals surface area contributed by atoms with Crippen LogP contribution < -0.4 is 0 Å². The summed E-state index contributed by atoms with van der Waals surface area (Å²) in [5, 5.41) is 0. The summed E-state index contributed by atoms with van der Waals surface area (Å²) in [4.78, 5) is 29.1. The van der Waals surface area contributed by atoms with Crippen molar-refractivity contribution in [2.24, 2.45) is 5.92 Å². The lowest BCUT2D eigenvalue weighted by Crippen LogP contribution is -2.51. The van der Waals surface area contributed by atoms with Crippen molar-refractivity contribution in [3.05, 3.63) is 24.2 Å². The van der Waals surface area contributed by atoms with Gasteiger partial charge in [-0.3, -0.25) is 9.59 Å². The maximum absolute atomic E-state index is 12.9. The average molecular weight is 348 g/mol. The van der Waals surface area contributed by atoms with Gasteiger partial charge in [-0.2, -0.15) is 0 Å². The third-order valence-corrected chi connectivity index (χ3v) is 5.48. The lowest BCUT2D eigenvalue weighted by molar-refractivity contribution is -0.188. The number of carbonyl (C=O) groups excluding carboxylic acids is 2. The van der Waals surface area contributed by atoms with E-state index in [9.17, 15) is 9.59 Å². The van der Waals surface area contributed by atoms with E-state index in [0.717, 1.165) is 25.7 Å². The first-order valence-electron chi connectivity index (χ1n) is 9.05. The van der Waals surface area contributed by atoms with Gasteiger partial charge in [-0.15, -0.1) is 0 Å². The molecule has 4 rings (SSSR count).